The summed E-state index contributed by atoms with van der Waals surface area (Å²) in [6.07, 6.45) is -3.00. The molecule has 2 saturated heterocycles. The van der Waals surface area contributed by atoms with Crippen LogP contribution in [-0.2, 0) is 4.74 Å². The zero-order chi connectivity index (χ0) is 16.6. The second-order valence-corrected chi connectivity index (χ2v) is 5.99. The van der Waals surface area contributed by atoms with E-state index in [2.05, 4.69) is 9.88 Å². The Morgan fingerprint density at radius 1 is 1.26 bits per heavy atom. The standard InChI is InChI=1S/C14H22N4O5/c1-16-4-6-17(7-5-16)10-2-3-18(14(22)15-10)13-12(21)11(20)9(8-19)23-13/h2-3,9,11-13,19-21H,4-8H2,1H3. The molecule has 3 heterocycles. The fourth-order valence-electron chi connectivity index (χ4n) is 2.92. The molecule has 1 aromatic heterocycles. The highest BCUT2D eigenvalue weighted by atomic mass is 16.6. The maximum absolute atomic E-state index is 12.3. The third-order valence-corrected chi connectivity index (χ3v) is 4.43. The molecule has 0 radical (unpaired) electrons. The minimum atomic E-state index is -1.29. The number of likely N-dealkylation sites (N-methyl/N-ethyl adjacent to an activating group) is 1. The first-order chi connectivity index (χ1) is 11.0. The molecular formula is C14H22N4O5. The van der Waals surface area contributed by atoms with Crippen LogP contribution in [0.2, 0.25) is 0 Å². The molecule has 3 N–H and O–H groups in total. The number of aliphatic hydroxyl groups excluding tert-OH is 3. The number of ether oxygens (including phenoxy) is 1. The van der Waals surface area contributed by atoms with E-state index in [-0.39, 0.29) is 0 Å². The van der Waals surface area contributed by atoms with Gasteiger partial charge >= 0.3 is 5.69 Å². The lowest BCUT2D eigenvalue weighted by Gasteiger charge is -2.33. The Balaban J connectivity index is 1.79. The monoisotopic (exact) mass is 326 g/mol. The molecule has 9 heteroatoms. The highest BCUT2D eigenvalue weighted by molar-refractivity contribution is 5.37. The van der Waals surface area contributed by atoms with Crippen LogP contribution in [0.25, 0.3) is 0 Å². The maximum Gasteiger partial charge on any atom is 0.351 e. The third-order valence-electron chi connectivity index (χ3n) is 4.43. The molecule has 2 aliphatic heterocycles. The average Bonchev–Trinajstić information content (AvgIpc) is 2.83. The SMILES string of the molecule is CN1CCN(c2ccn(C3OC(CO)C(O)C3O)c(=O)n2)CC1. The van der Waals surface area contributed by atoms with E-state index in [9.17, 15) is 15.0 Å². The van der Waals surface area contributed by atoms with Gasteiger partial charge in [0.2, 0.25) is 0 Å². The molecule has 1 aromatic rings. The van der Waals surface area contributed by atoms with Gasteiger partial charge < -0.3 is 29.9 Å². The number of aliphatic hydroxyl groups is 3. The number of piperazine rings is 1. The summed E-state index contributed by atoms with van der Waals surface area (Å²) in [5.41, 5.74) is -0.559. The van der Waals surface area contributed by atoms with Gasteiger partial charge in [-0.25, -0.2) is 4.79 Å². The molecule has 0 bridgehead atoms. The lowest BCUT2D eigenvalue weighted by atomic mass is 10.1. The van der Waals surface area contributed by atoms with Crippen molar-refractivity contribution in [1.29, 1.82) is 0 Å². The van der Waals surface area contributed by atoms with Gasteiger partial charge in [0.1, 0.15) is 24.1 Å². The van der Waals surface area contributed by atoms with E-state index in [1.807, 2.05) is 11.9 Å². The van der Waals surface area contributed by atoms with Crippen LogP contribution in [0.5, 0.6) is 0 Å². The van der Waals surface area contributed by atoms with Gasteiger partial charge in [-0.15, -0.1) is 0 Å². The topological polar surface area (TPSA) is 111 Å². The molecule has 0 spiro atoms. The summed E-state index contributed by atoms with van der Waals surface area (Å²) in [7, 11) is 2.05. The van der Waals surface area contributed by atoms with Crippen LogP contribution in [0.15, 0.2) is 17.1 Å². The summed E-state index contributed by atoms with van der Waals surface area (Å²) in [6, 6.07) is 1.70. The Kier molecular flexibility index (Phi) is 4.64. The van der Waals surface area contributed by atoms with Crippen LogP contribution >= 0.6 is 0 Å². The summed E-state index contributed by atoms with van der Waals surface area (Å²) >= 11 is 0. The molecular weight excluding hydrogens is 304 g/mol. The summed E-state index contributed by atoms with van der Waals surface area (Å²) in [5.74, 6) is 0.589. The van der Waals surface area contributed by atoms with Crippen LogP contribution in [0, 0.1) is 0 Å². The van der Waals surface area contributed by atoms with E-state index in [1.165, 1.54) is 6.20 Å². The van der Waals surface area contributed by atoms with Gasteiger partial charge in [0.15, 0.2) is 6.23 Å². The van der Waals surface area contributed by atoms with Crippen LogP contribution in [0.3, 0.4) is 0 Å². The summed E-state index contributed by atoms with van der Waals surface area (Å²) in [5, 5.41) is 28.9. The molecule has 4 atom stereocenters. The van der Waals surface area contributed by atoms with Gasteiger partial charge in [-0.1, -0.05) is 0 Å². The molecule has 0 aromatic carbocycles. The quantitative estimate of drug-likeness (QED) is 0.564. The minimum absolute atomic E-state index is 0.434. The van der Waals surface area contributed by atoms with Crippen molar-refractivity contribution < 1.29 is 20.1 Å². The number of nitrogens with zero attached hydrogens (tertiary/aromatic N) is 4. The Morgan fingerprint density at radius 2 is 1.96 bits per heavy atom. The highest BCUT2D eigenvalue weighted by Gasteiger charge is 2.43. The molecule has 2 fully saturated rings. The zero-order valence-corrected chi connectivity index (χ0v) is 12.9. The van der Waals surface area contributed by atoms with Gasteiger partial charge in [0.05, 0.1) is 6.61 Å². The number of aromatic nitrogens is 2. The van der Waals surface area contributed by atoms with Crippen molar-refractivity contribution in [3.8, 4) is 0 Å². The van der Waals surface area contributed by atoms with Crippen molar-refractivity contribution in [2.45, 2.75) is 24.5 Å². The van der Waals surface area contributed by atoms with E-state index in [0.29, 0.717) is 5.82 Å². The normalized spacial score (nSPS) is 32.4. The lowest BCUT2D eigenvalue weighted by molar-refractivity contribution is -0.0549. The van der Waals surface area contributed by atoms with Crippen molar-refractivity contribution in [3.63, 3.8) is 0 Å². The minimum Gasteiger partial charge on any atom is -0.394 e. The number of hydrogen-bond donors (Lipinski definition) is 3. The Labute approximate surface area is 133 Å². The van der Waals surface area contributed by atoms with Crippen LogP contribution in [0.4, 0.5) is 5.82 Å². The van der Waals surface area contributed by atoms with Crippen LogP contribution < -0.4 is 10.6 Å². The van der Waals surface area contributed by atoms with Crippen molar-refractivity contribution in [2.24, 2.45) is 0 Å². The molecule has 0 amide bonds. The van der Waals surface area contributed by atoms with Gasteiger partial charge in [-0.3, -0.25) is 4.57 Å². The summed E-state index contributed by atoms with van der Waals surface area (Å²) < 4.78 is 6.50. The Hall–Kier alpha value is -1.52. The van der Waals surface area contributed by atoms with E-state index >= 15 is 0 Å². The zero-order valence-electron chi connectivity index (χ0n) is 12.9. The van der Waals surface area contributed by atoms with Crippen molar-refractivity contribution >= 4 is 5.82 Å². The first kappa shape index (κ1) is 16.3. The number of hydrogen-bond acceptors (Lipinski definition) is 8. The average molecular weight is 326 g/mol. The van der Waals surface area contributed by atoms with Crippen molar-refractivity contribution in [1.82, 2.24) is 14.5 Å². The molecule has 4 unspecified atom stereocenters. The van der Waals surface area contributed by atoms with Gasteiger partial charge in [0, 0.05) is 32.4 Å². The van der Waals surface area contributed by atoms with Crippen molar-refractivity contribution in [2.75, 3.05) is 44.7 Å². The fraction of sp³-hybridized carbons (Fsp3) is 0.714. The number of anilines is 1. The molecule has 0 aliphatic carbocycles. The Morgan fingerprint density at radius 3 is 2.52 bits per heavy atom. The second-order valence-electron chi connectivity index (χ2n) is 5.99. The maximum atomic E-state index is 12.3. The first-order valence-corrected chi connectivity index (χ1v) is 7.66. The van der Waals surface area contributed by atoms with Crippen LogP contribution in [-0.4, -0.2) is 87.9 Å². The summed E-state index contributed by atoms with van der Waals surface area (Å²) in [6.45, 7) is 2.96. The largest absolute Gasteiger partial charge is 0.394 e. The number of rotatable bonds is 3. The molecule has 9 nitrogen and oxygen atoms in total. The predicted octanol–water partition coefficient (Wildman–Crippen LogP) is -2.39. The van der Waals surface area contributed by atoms with Crippen molar-refractivity contribution in [3.05, 3.63) is 22.7 Å². The van der Waals surface area contributed by atoms with Crippen LogP contribution in [0.1, 0.15) is 6.23 Å². The smallest absolute Gasteiger partial charge is 0.351 e. The molecule has 23 heavy (non-hydrogen) atoms. The molecule has 128 valence electrons. The molecule has 0 saturated carbocycles. The van der Waals surface area contributed by atoms with Gasteiger partial charge in [-0.05, 0) is 13.1 Å². The second kappa shape index (κ2) is 6.54. The van der Waals surface area contributed by atoms with E-state index < -0.39 is 36.8 Å². The third kappa shape index (κ3) is 3.10. The summed E-state index contributed by atoms with van der Waals surface area (Å²) in [4.78, 5) is 20.6. The highest BCUT2D eigenvalue weighted by Crippen LogP contribution is 2.28. The van der Waals surface area contributed by atoms with Gasteiger partial charge in [0.25, 0.3) is 0 Å². The van der Waals surface area contributed by atoms with E-state index in [0.717, 1.165) is 30.7 Å². The Bertz CT molecular complexity index is 601. The molecule has 2 aliphatic rings. The van der Waals surface area contributed by atoms with E-state index in [1.54, 1.807) is 6.07 Å². The fourth-order valence-corrected chi connectivity index (χ4v) is 2.92. The van der Waals surface area contributed by atoms with E-state index in [4.69, 9.17) is 9.84 Å². The predicted molar refractivity (Wildman–Crippen MR) is 81.2 cm³/mol. The molecule has 3 rings (SSSR count). The first-order valence-electron chi connectivity index (χ1n) is 7.66. The lowest BCUT2D eigenvalue weighted by Crippen LogP contribution is -2.45. The van der Waals surface area contributed by atoms with Gasteiger partial charge in [-0.2, -0.15) is 4.98 Å².